The molecule has 182 valence electrons. The van der Waals surface area contributed by atoms with Crippen molar-refractivity contribution in [1.82, 2.24) is 0 Å². The molecule has 1 N–H and O–H groups in total. The van der Waals surface area contributed by atoms with Crippen LogP contribution in [0.2, 0.25) is 0 Å². The highest BCUT2D eigenvalue weighted by molar-refractivity contribution is 5.73. The maximum atomic E-state index is 11.0. The van der Waals surface area contributed by atoms with Crippen LogP contribution in [0.25, 0.3) is 0 Å². The van der Waals surface area contributed by atoms with E-state index in [1.807, 2.05) is 67.6 Å². The van der Waals surface area contributed by atoms with Gasteiger partial charge in [0.1, 0.15) is 19.3 Å². The van der Waals surface area contributed by atoms with E-state index in [0.29, 0.717) is 26.1 Å². The first kappa shape index (κ1) is 29.8. The predicted molar refractivity (Wildman–Crippen MR) is 126 cm³/mol. The standard InChI is InChI=1S/C11H14O2.C10H12O3.C5H10O2/c1-2-6-11(12)13-9-10-7-4-3-5-8-10;1-8(11)10(12)13-7-9-5-3-2-4-6-9;1-3-5(6)7-4-2/h3-5,7-8H,2,6,9H2,1H3;2-6,8,11H,7H2,1H3;3-4H2,1-2H3. The largest absolute Gasteiger partial charge is 0.466 e. The topological polar surface area (TPSA) is 99.1 Å². The minimum absolute atomic E-state index is 0.119. The van der Waals surface area contributed by atoms with Gasteiger partial charge < -0.3 is 19.3 Å². The van der Waals surface area contributed by atoms with Gasteiger partial charge in [-0.2, -0.15) is 0 Å². The molecule has 1 unspecified atom stereocenters. The molecule has 2 rings (SSSR count). The fraction of sp³-hybridized carbons (Fsp3) is 0.423. The van der Waals surface area contributed by atoms with E-state index in [1.165, 1.54) is 6.92 Å². The van der Waals surface area contributed by atoms with Gasteiger partial charge in [0.25, 0.3) is 0 Å². The van der Waals surface area contributed by atoms with Gasteiger partial charge in [0.2, 0.25) is 0 Å². The zero-order valence-corrected chi connectivity index (χ0v) is 20.0. The first-order valence-corrected chi connectivity index (χ1v) is 11.1. The Morgan fingerprint density at radius 2 is 1.24 bits per heavy atom. The molecule has 0 aliphatic rings. The number of carbonyl (C=O) groups is 3. The van der Waals surface area contributed by atoms with Gasteiger partial charge in [0.05, 0.1) is 6.61 Å². The van der Waals surface area contributed by atoms with Gasteiger partial charge in [0, 0.05) is 12.8 Å². The molecule has 7 nitrogen and oxygen atoms in total. The molecule has 0 radical (unpaired) electrons. The van der Waals surface area contributed by atoms with Crippen LogP contribution in [0.5, 0.6) is 0 Å². The Balaban J connectivity index is 0.000000490. The van der Waals surface area contributed by atoms with Crippen molar-refractivity contribution in [3.63, 3.8) is 0 Å². The van der Waals surface area contributed by atoms with Gasteiger partial charge >= 0.3 is 17.9 Å². The Labute approximate surface area is 196 Å². The third-order valence-corrected chi connectivity index (χ3v) is 3.86. The molecule has 0 aromatic heterocycles. The summed E-state index contributed by atoms with van der Waals surface area (Å²) in [5.41, 5.74) is 1.95. The van der Waals surface area contributed by atoms with Crippen LogP contribution in [0.15, 0.2) is 60.7 Å². The monoisotopic (exact) mass is 460 g/mol. The van der Waals surface area contributed by atoms with Crippen LogP contribution in [-0.2, 0) is 41.8 Å². The van der Waals surface area contributed by atoms with Crippen molar-refractivity contribution in [1.29, 1.82) is 0 Å². The summed E-state index contributed by atoms with van der Waals surface area (Å²) < 4.78 is 14.4. The second-order valence-corrected chi connectivity index (χ2v) is 6.82. The third-order valence-electron chi connectivity index (χ3n) is 3.86. The minimum Gasteiger partial charge on any atom is -0.466 e. The number of hydrogen-bond acceptors (Lipinski definition) is 7. The number of carbonyl (C=O) groups excluding carboxylic acids is 3. The first-order valence-electron chi connectivity index (χ1n) is 11.1. The van der Waals surface area contributed by atoms with Crippen LogP contribution in [0.1, 0.15) is 58.1 Å². The highest BCUT2D eigenvalue weighted by Gasteiger charge is 2.09. The third kappa shape index (κ3) is 17.1. The minimum atomic E-state index is -1.05. The van der Waals surface area contributed by atoms with Gasteiger partial charge in [0.15, 0.2) is 0 Å². The quantitative estimate of drug-likeness (QED) is 0.431. The molecule has 2 aromatic carbocycles. The molecule has 0 aliphatic carbocycles. The summed E-state index contributed by atoms with van der Waals surface area (Å²) >= 11 is 0. The van der Waals surface area contributed by atoms with Crippen molar-refractivity contribution >= 4 is 17.9 Å². The summed E-state index contributed by atoms with van der Waals surface area (Å²) in [4.78, 5) is 32.0. The Morgan fingerprint density at radius 3 is 1.61 bits per heavy atom. The lowest BCUT2D eigenvalue weighted by molar-refractivity contribution is -0.153. The van der Waals surface area contributed by atoms with Crippen molar-refractivity contribution in [3.8, 4) is 0 Å². The van der Waals surface area contributed by atoms with E-state index in [4.69, 9.17) is 14.6 Å². The average molecular weight is 461 g/mol. The van der Waals surface area contributed by atoms with Gasteiger partial charge in [-0.3, -0.25) is 9.59 Å². The van der Waals surface area contributed by atoms with E-state index in [2.05, 4.69) is 4.74 Å². The van der Waals surface area contributed by atoms with Crippen molar-refractivity contribution in [2.45, 2.75) is 66.3 Å². The van der Waals surface area contributed by atoms with E-state index in [-0.39, 0.29) is 18.5 Å². The summed E-state index contributed by atoms with van der Waals surface area (Å²) in [6, 6.07) is 19.0. The molecule has 33 heavy (non-hydrogen) atoms. The zero-order valence-electron chi connectivity index (χ0n) is 20.0. The number of aliphatic hydroxyl groups is 1. The normalized spacial score (nSPS) is 10.3. The van der Waals surface area contributed by atoms with Gasteiger partial charge in [-0.15, -0.1) is 0 Å². The lowest BCUT2D eigenvalue weighted by Gasteiger charge is -2.05. The van der Waals surface area contributed by atoms with Crippen LogP contribution in [0.4, 0.5) is 0 Å². The van der Waals surface area contributed by atoms with Crippen LogP contribution in [0, 0.1) is 0 Å². The molecular weight excluding hydrogens is 424 g/mol. The Kier molecular flexibility index (Phi) is 17.6. The van der Waals surface area contributed by atoms with E-state index >= 15 is 0 Å². The van der Waals surface area contributed by atoms with Crippen LogP contribution >= 0.6 is 0 Å². The molecule has 0 saturated heterocycles. The smallest absolute Gasteiger partial charge is 0.334 e. The molecular formula is C26H36O7. The average Bonchev–Trinajstić information content (AvgIpc) is 2.83. The molecule has 0 fully saturated rings. The molecule has 0 amide bonds. The van der Waals surface area contributed by atoms with E-state index in [9.17, 15) is 14.4 Å². The predicted octanol–water partition coefficient (Wildman–Crippen LogP) is 4.60. The van der Waals surface area contributed by atoms with Crippen molar-refractivity contribution in [3.05, 3.63) is 71.8 Å². The molecule has 1 atom stereocenters. The maximum Gasteiger partial charge on any atom is 0.334 e. The SMILES string of the molecule is CC(O)C(=O)OCc1ccccc1.CCCC(=O)OCc1ccccc1.CCOC(=O)CC. The summed E-state index contributed by atoms with van der Waals surface area (Å²) in [5, 5.41) is 8.82. The fourth-order valence-electron chi connectivity index (χ4n) is 2.13. The first-order chi connectivity index (χ1) is 15.8. The summed E-state index contributed by atoms with van der Waals surface area (Å²) in [6.45, 7) is 8.01. The van der Waals surface area contributed by atoms with E-state index < -0.39 is 12.1 Å². The molecule has 7 heteroatoms. The number of hydrogen-bond donors (Lipinski definition) is 1. The number of ether oxygens (including phenoxy) is 3. The molecule has 0 aliphatic heterocycles. The highest BCUT2D eigenvalue weighted by atomic mass is 16.5. The molecule has 0 saturated carbocycles. The van der Waals surface area contributed by atoms with Crippen LogP contribution in [0.3, 0.4) is 0 Å². The molecule has 0 heterocycles. The molecule has 2 aromatic rings. The van der Waals surface area contributed by atoms with Gasteiger partial charge in [-0.05, 0) is 31.4 Å². The summed E-state index contributed by atoms with van der Waals surface area (Å²) in [6.07, 6.45) is 0.776. The van der Waals surface area contributed by atoms with Crippen LogP contribution in [-0.4, -0.2) is 35.7 Å². The molecule has 0 bridgehead atoms. The lowest BCUT2D eigenvalue weighted by atomic mass is 10.2. The maximum absolute atomic E-state index is 11.0. The fourth-order valence-corrected chi connectivity index (χ4v) is 2.13. The number of rotatable bonds is 9. The summed E-state index contributed by atoms with van der Waals surface area (Å²) in [7, 11) is 0. The lowest BCUT2D eigenvalue weighted by Crippen LogP contribution is -2.18. The molecule has 0 spiro atoms. The van der Waals surface area contributed by atoms with Crippen molar-refractivity contribution in [2.75, 3.05) is 6.61 Å². The second kappa shape index (κ2) is 19.5. The van der Waals surface area contributed by atoms with Gasteiger partial charge in [-0.25, -0.2) is 4.79 Å². The van der Waals surface area contributed by atoms with Crippen molar-refractivity contribution < 1.29 is 33.7 Å². The Morgan fingerprint density at radius 1 is 0.758 bits per heavy atom. The number of aliphatic hydroxyl groups excluding tert-OH is 1. The number of benzene rings is 2. The second-order valence-electron chi connectivity index (χ2n) is 6.82. The van der Waals surface area contributed by atoms with Crippen molar-refractivity contribution in [2.24, 2.45) is 0 Å². The van der Waals surface area contributed by atoms with Gasteiger partial charge in [-0.1, -0.05) is 74.5 Å². The van der Waals surface area contributed by atoms with E-state index in [1.54, 1.807) is 13.8 Å². The number of esters is 3. The zero-order chi connectivity index (χ0) is 24.9. The van der Waals surface area contributed by atoms with E-state index in [0.717, 1.165) is 17.5 Å². The Bertz CT molecular complexity index is 774. The van der Waals surface area contributed by atoms with Crippen LogP contribution < -0.4 is 0 Å². The highest BCUT2D eigenvalue weighted by Crippen LogP contribution is 2.02. The summed E-state index contributed by atoms with van der Waals surface area (Å²) in [5.74, 6) is -0.835. The Hall–Kier alpha value is -3.19.